The summed E-state index contributed by atoms with van der Waals surface area (Å²) in [6.45, 7) is 3.82. The van der Waals surface area contributed by atoms with E-state index in [2.05, 4.69) is 4.74 Å². The molecule has 0 radical (unpaired) electrons. The third-order valence-corrected chi connectivity index (χ3v) is 5.30. The molecule has 4 rings (SSSR count). The van der Waals surface area contributed by atoms with Crippen LogP contribution in [0.1, 0.15) is 40.6 Å². The van der Waals surface area contributed by atoms with Crippen LogP contribution in [0, 0.1) is 0 Å². The minimum absolute atomic E-state index is 0.0471. The molecule has 1 aliphatic rings. The maximum absolute atomic E-state index is 13.2. The van der Waals surface area contributed by atoms with E-state index in [0.29, 0.717) is 29.1 Å². The third-order valence-electron chi connectivity index (χ3n) is 5.30. The van der Waals surface area contributed by atoms with Crippen molar-refractivity contribution in [1.29, 1.82) is 0 Å². The van der Waals surface area contributed by atoms with Crippen molar-refractivity contribution < 1.29 is 28.3 Å². The first-order chi connectivity index (χ1) is 14.8. The van der Waals surface area contributed by atoms with Crippen LogP contribution in [0.25, 0.3) is 11.1 Å². The number of nitrogens with zero attached hydrogens (tertiary/aromatic N) is 2. The SMILES string of the molecule is CCN1C(=O)COc2ccc(C(=O)C(C)n3c(=O)oc4cc(C(=O)OC)ccc43)cc21. The van der Waals surface area contributed by atoms with Gasteiger partial charge in [-0.1, -0.05) is 0 Å². The van der Waals surface area contributed by atoms with Gasteiger partial charge in [0.25, 0.3) is 5.91 Å². The molecule has 0 aliphatic carbocycles. The Morgan fingerprint density at radius 2 is 1.87 bits per heavy atom. The van der Waals surface area contributed by atoms with Gasteiger partial charge >= 0.3 is 11.7 Å². The molecule has 9 nitrogen and oxygen atoms in total. The van der Waals surface area contributed by atoms with Gasteiger partial charge < -0.3 is 18.8 Å². The summed E-state index contributed by atoms with van der Waals surface area (Å²) in [6.07, 6.45) is 0. The van der Waals surface area contributed by atoms with E-state index in [9.17, 15) is 19.2 Å². The summed E-state index contributed by atoms with van der Waals surface area (Å²) in [7, 11) is 1.26. The number of Topliss-reactive ketones (excluding diaryl/α,β-unsaturated/α-hetero) is 1. The zero-order valence-electron chi connectivity index (χ0n) is 17.2. The lowest BCUT2D eigenvalue weighted by Crippen LogP contribution is -2.38. The number of amides is 1. The van der Waals surface area contributed by atoms with Crippen molar-refractivity contribution in [3.05, 3.63) is 58.1 Å². The quantitative estimate of drug-likeness (QED) is 0.457. The molecule has 1 atom stereocenters. The molecule has 0 saturated carbocycles. The first-order valence-corrected chi connectivity index (χ1v) is 9.70. The second-order valence-corrected chi connectivity index (χ2v) is 7.06. The summed E-state index contributed by atoms with van der Waals surface area (Å²) in [5, 5.41) is 0. The van der Waals surface area contributed by atoms with E-state index in [0.717, 1.165) is 0 Å². The minimum atomic E-state index is -0.883. The molecule has 0 spiro atoms. The van der Waals surface area contributed by atoms with Crippen LogP contribution in [0.15, 0.2) is 45.6 Å². The molecule has 1 amide bonds. The van der Waals surface area contributed by atoms with E-state index in [4.69, 9.17) is 9.15 Å². The lowest BCUT2D eigenvalue weighted by Gasteiger charge is -2.28. The molecule has 9 heteroatoms. The Labute approximate surface area is 176 Å². The summed E-state index contributed by atoms with van der Waals surface area (Å²) < 4.78 is 16.6. The van der Waals surface area contributed by atoms with E-state index >= 15 is 0 Å². The van der Waals surface area contributed by atoms with Gasteiger partial charge in [0.1, 0.15) is 11.8 Å². The van der Waals surface area contributed by atoms with Crippen LogP contribution in [-0.2, 0) is 9.53 Å². The Bertz CT molecular complexity index is 1270. The highest BCUT2D eigenvalue weighted by Gasteiger charge is 2.28. The number of aromatic nitrogens is 1. The van der Waals surface area contributed by atoms with Crippen LogP contribution in [-0.4, -0.2) is 42.5 Å². The number of oxazole rings is 1. The Morgan fingerprint density at radius 1 is 1.13 bits per heavy atom. The van der Waals surface area contributed by atoms with Crippen LogP contribution in [0.3, 0.4) is 0 Å². The van der Waals surface area contributed by atoms with Crippen LogP contribution in [0.4, 0.5) is 5.69 Å². The predicted molar refractivity (Wildman–Crippen MR) is 111 cm³/mol. The number of likely N-dealkylation sites (N-methyl/N-ethyl adjacent to an activating group) is 1. The van der Waals surface area contributed by atoms with Gasteiger partial charge in [-0.05, 0) is 50.2 Å². The third kappa shape index (κ3) is 3.37. The van der Waals surface area contributed by atoms with Crippen LogP contribution >= 0.6 is 0 Å². The van der Waals surface area contributed by atoms with Crippen LogP contribution in [0.5, 0.6) is 5.75 Å². The molecular weight excluding hydrogens is 404 g/mol. The van der Waals surface area contributed by atoms with Gasteiger partial charge in [-0.2, -0.15) is 0 Å². The number of hydrogen-bond donors (Lipinski definition) is 0. The van der Waals surface area contributed by atoms with E-state index in [-0.39, 0.29) is 29.4 Å². The van der Waals surface area contributed by atoms with Crippen LogP contribution in [0.2, 0.25) is 0 Å². The van der Waals surface area contributed by atoms with Gasteiger partial charge in [0.15, 0.2) is 18.0 Å². The number of rotatable bonds is 5. The van der Waals surface area contributed by atoms with E-state index < -0.39 is 17.8 Å². The predicted octanol–water partition coefficient (Wildman–Crippen LogP) is 2.57. The van der Waals surface area contributed by atoms with Gasteiger partial charge in [-0.15, -0.1) is 0 Å². The Morgan fingerprint density at radius 3 is 2.58 bits per heavy atom. The molecular formula is C22H20N2O7. The van der Waals surface area contributed by atoms with Gasteiger partial charge in [-0.25, -0.2) is 9.59 Å². The largest absolute Gasteiger partial charge is 0.482 e. The van der Waals surface area contributed by atoms with E-state index in [1.807, 2.05) is 6.92 Å². The zero-order valence-corrected chi connectivity index (χ0v) is 17.2. The van der Waals surface area contributed by atoms with Crippen molar-refractivity contribution in [3.8, 4) is 5.75 Å². The number of methoxy groups -OCH3 is 1. The van der Waals surface area contributed by atoms with Crippen molar-refractivity contribution in [1.82, 2.24) is 4.57 Å². The van der Waals surface area contributed by atoms with Gasteiger partial charge in [-0.3, -0.25) is 14.2 Å². The van der Waals surface area contributed by atoms with E-state index in [1.54, 1.807) is 30.0 Å². The molecule has 160 valence electrons. The first-order valence-electron chi connectivity index (χ1n) is 9.70. The highest BCUT2D eigenvalue weighted by atomic mass is 16.5. The number of benzene rings is 2. The van der Waals surface area contributed by atoms with Crippen molar-refractivity contribution in [2.24, 2.45) is 0 Å². The van der Waals surface area contributed by atoms with Crippen LogP contribution < -0.4 is 15.4 Å². The Hall–Kier alpha value is -3.88. The van der Waals surface area contributed by atoms with Crippen molar-refractivity contribution in [3.63, 3.8) is 0 Å². The molecule has 1 aliphatic heterocycles. The molecule has 2 aromatic carbocycles. The average Bonchev–Trinajstić information content (AvgIpc) is 3.11. The summed E-state index contributed by atoms with van der Waals surface area (Å²) in [5.74, 6) is -1.28. The highest BCUT2D eigenvalue weighted by molar-refractivity contribution is 6.03. The number of ketones is 1. The van der Waals surface area contributed by atoms with Crippen molar-refractivity contribution in [2.45, 2.75) is 19.9 Å². The number of carbonyl (C=O) groups is 3. The first kappa shape index (κ1) is 20.4. The number of esters is 1. The smallest absolute Gasteiger partial charge is 0.420 e. The fraction of sp³-hybridized carbons (Fsp3) is 0.273. The molecule has 1 aromatic heterocycles. The molecule has 1 unspecified atom stereocenters. The number of ether oxygens (including phenoxy) is 2. The molecule has 2 heterocycles. The normalized spacial score (nSPS) is 14.2. The number of anilines is 1. The second kappa shape index (κ2) is 7.75. The molecule has 0 N–H and O–H groups in total. The highest BCUT2D eigenvalue weighted by Crippen LogP contribution is 2.34. The van der Waals surface area contributed by atoms with Gasteiger partial charge in [0.2, 0.25) is 0 Å². The summed E-state index contributed by atoms with van der Waals surface area (Å²) in [6, 6.07) is 8.39. The van der Waals surface area contributed by atoms with Gasteiger partial charge in [0.05, 0.1) is 23.9 Å². The summed E-state index contributed by atoms with van der Waals surface area (Å²) in [5.41, 5.74) is 1.63. The summed E-state index contributed by atoms with van der Waals surface area (Å²) in [4.78, 5) is 51.1. The summed E-state index contributed by atoms with van der Waals surface area (Å²) >= 11 is 0. The maximum Gasteiger partial charge on any atom is 0.420 e. The van der Waals surface area contributed by atoms with Gasteiger partial charge in [0, 0.05) is 12.1 Å². The monoisotopic (exact) mass is 424 g/mol. The maximum atomic E-state index is 13.2. The topological polar surface area (TPSA) is 108 Å². The fourth-order valence-corrected chi connectivity index (χ4v) is 3.71. The van der Waals surface area contributed by atoms with Crippen molar-refractivity contribution >= 4 is 34.4 Å². The van der Waals surface area contributed by atoms with E-state index in [1.165, 1.54) is 29.9 Å². The van der Waals surface area contributed by atoms with Crippen molar-refractivity contribution in [2.75, 3.05) is 25.2 Å². The number of fused-ring (bicyclic) bond motifs is 2. The minimum Gasteiger partial charge on any atom is -0.482 e. The fourth-order valence-electron chi connectivity index (χ4n) is 3.71. The number of hydrogen-bond acceptors (Lipinski definition) is 7. The lowest BCUT2D eigenvalue weighted by molar-refractivity contribution is -0.121. The molecule has 3 aromatic rings. The lowest BCUT2D eigenvalue weighted by atomic mass is 10.0. The molecule has 0 bridgehead atoms. The standard InChI is InChI=1S/C22H20N2O7/c1-4-23-16-9-13(6-8-17(16)30-11-19(23)25)20(26)12(2)24-15-7-5-14(21(27)29-3)10-18(15)31-22(24)28/h5-10,12H,4,11H2,1-3H3. The zero-order chi connectivity index (χ0) is 22.3. The Kier molecular flexibility index (Phi) is 5.10. The molecule has 0 fully saturated rings. The second-order valence-electron chi connectivity index (χ2n) is 7.06. The molecule has 0 saturated heterocycles. The molecule has 31 heavy (non-hydrogen) atoms. The number of carbonyl (C=O) groups excluding carboxylic acids is 3. The Balaban J connectivity index is 1.72. The average molecular weight is 424 g/mol.